The molecule has 0 aromatic heterocycles. The molecular weight excluding hydrogens is 278 g/mol. The molecule has 1 aromatic rings. The molecule has 0 unspecified atom stereocenters. The first-order chi connectivity index (χ1) is 9.47. The summed E-state index contributed by atoms with van der Waals surface area (Å²) in [4.78, 5) is 0.114. The predicted octanol–water partition coefficient (Wildman–Crippen LogP) is 2.02. The molecule has 0 amide bonds. The SMILES string of the molecule is Cc1ccc(S(=O)(=O)OCC2(C#N)CCOCC2)cc1. The minimum atomic E-state index is -3.82. The lowest BCUT2D eigenvalue weighted by atomic mass is 9.83. The van der Waals surface area contributed by atoms with Crippen LogP contribution >= 0.6 is 0 Å². The average Bonchev–Trinajstić information content (AvgIpc) is 2.47. The van der Waals surface area contributed by atoms with Gasteiger partial charge in [-0.15, -0.1) is 0 Å². The molecule has 1 aliphatic heterocycles. The van der Waals surface area contributed by atoms with Crippen LogP contribution in [-0.2, 0) is 19.0 Å². The first-order valence-corrected chi connectivity index (χ1v) is 7.83. The lowest BCUT2D eigenvalue weighted by molar-refractivity contribution is 0.0202. The van der Waals surface area contributed by atoms with Crippen molar-refractivity contribution in [3.05, 3.63) is 29.8 Å². The molecule has 0 radical (unpaired) electrons. The summed E-state index contributed by atoms with van der Waals surface area (Å²) in [6, 6.07) is 8.62. The van der Waals surface area contributed by atoms with E-state index in [2.05, 4.69) is 6.07 Å². The van der Waals surface area contributed by atoms with Gasteiger partial charge in [0, 0.05) is 13.2 Å². The number of benzene rings is 1. The van der Waals surface area contributed by atoms with Gasteiger partial charge in [-0.05, 0) is 31.9 Å². The zero-order chi connectivity index (χ0) is 14.6. The summed E-state index contributed by atoms with van der Waals surface area (Å²) in [5, 5.41) is 9.26. The van der Waals surface area contributed by atoms with Gasteiger partial charge in [-0.3, -0.25) is 4.18 Å². The van der Waals surface area contributed by atoms with Gasteiger partial charge in [0.2, 0.25) is 0 Å². The molecule has 0 N–H and O–H groups in total. The summed E-state index contributed by atoms with van der Waals surface area (Å²) < 4.78 is 34.4. The van der Waals surface area contributed by atoms with Crippen molar-refractivity contribution >= 4 is 10.1 Å². The first-order valence-electron chi connectivity index (χ1n) is 6.43. The molecule has 0 atom stereocenters. The molecule has 1 saturated heterocycles. The van der Waals surface area contributed by atoms with Gasteiger partial charge in [-0.25, -0.2) is 0 Å². The van der Waals surface area contributed by atoms with Gasteiger partial charge >= 0.3 is 0 Å². The number of ether oxygens (including phenoxy) is 1. The number of nitriles is 1. The van der Waals surface area contributed by atoms with Crippen molar-refractivity contribution in [1.82, 2.24) is 0 Å². The fourth-order valence-electron chi connectivity index (χ4n) is 2.01. The van der Waals surface area contributed by atoms with Crippen LogP contribution in [0.4, 0.5) is 0 Å². The van der Waals surface area contributed by atoms with Crippen molar-refractivity contribution in [2.45, 2.75) is 24.7 Å². The molecule has 0 aliphatic carbocycles. The molecule has 1 heterocycles. The van der Waals surface area contributed by atoms with E-state index in [4.69, 9.17) is 8.92 Å². The Labute approximate surface area is 119 Å². The van der Waals surface area contributed by atoms with E-state index < -0.39 is 15.5 Å². The summed E-state index contributed by atoms with van der Waals surface area (Å²) in [7, 11) is -3.82. The molecule has 1 fully saturated rings. The van der Waals surface area contributed by atoms with Crippen LogP contribution in [0.1, 0.15) is 18.4 Å². The third-order valence-electron chi connectivity index (χ3n) is 3.49. The molecule has 0 spiro atoms. The van der Waals surface area contributed by atoms with Gasteiger partial charge in [0.1, 0.15) is 0 Å². The highest BCUT2D eigenvalue weighted by Gasteiger charge is 2.35. The molecule has 1 aromatic carbocycles. The van der Waals surface area contributed by atoms with Crippen molar-refractivity contribution in [2.75, 3.05) is 19.8 Å². The highest BCUT2D eigenvalue weighted by atomic mass is 32.2. The minimum Gasteiger partial charge on any atom is -0.381 e. The van der Waals surface area contributed by atoms with E-state index in [1.165, 1.54) is 12.1 Å². The zero-order valence-corrected chi connectivity index (χ0v) is 12.1. The van der Waals surface area contributed by atoms with Crippen LogP contribution in [-0.4, -0.2) is 28.2 Å². The average molecular weight is 295 g/mol. The summed E-state index contributed by atoms with van der Waals surface area (Å²) in [6.07, 6.45) is 0.986. The van der Waals surface area contributed by atoms with Crippen LogP contribution in [0.25, 0.3) is 0 Å². The molecule has 20 heavy (non-hydrogen) atoms. The molecule has 1 aliphatic rings. The third-order valence-corrected chi connectivity index (χ3v) is 4.76. The van der Waals surface area contributed by atoms with Crippen LogP contribution in [0.3, 0.4) is 0 Å². The fourth-order valence-corrected chi connectivity index (χ4v) is 3.00. The maximum absolute atomic E-state index is 12.1. The minimum absolute atomic E-state index is 0.114. The summed E-state index contributed by atoms with van der Waals surface area (Å²) in [5.74, 6) is 0. The second-order valence-corrected chi connectivity index (χ2v) is 6.65. The number of hydrogen-bond donors (Lipinski definition) is 0. The van der Waals surface area contributed by atoms with Crippen molar-refractivity contribution in [1.29, 1.82) is 5.26 Å². The number of rotatable bonds is 4. The predicted molar refractivity (Wildman–Crippen MR) is 72.4 cm³/mol. The Balaban J connectivity index is 2.09. The molecule has 5 nitrogen and oxygen atoms in total. The highest BCUT2D eigenvalue weighted by Crippen LogP contribution is 2.31. The van der Waals surface area contributed by atoms with Crippen molar-refractivity contribution in [3.8, 4) is 6.07 Å². The summed E-state index contributed by atoms with van der Waals surface area (Å²) in [6.45, 7) is 2.68. The number of nitrogens with zero attached hydrogens (tertiary/aromatic N) is 1. The van der Waals surface area contributed by atoms with Crippen molar-refractivity contribution in [3.63, 3.8) is 0 Å². The van der Waals surface area contributed by atoms with E-state index in [0.717, 1.165) is 5.56 Å². The van der Waals surface area contributed by atoms with Crippen molar-refractivity contribution < 1.29 is 17.3 Å². The second-order valence-electron chi connectivity index (χ2n) is 5.03. The van der Waals surface area contributed by atoms with Crippen molar-refractivity contribution in [2.24, 2.45) is 5.41 Å². The van der Waals surface area contributed by atoms with E-state index >= 15 is 0 Å². The smallest absolute Gasteiger partial charge is 0.297 e. The third kappa shape index (κ3) is 3.37. The Morgan fingerprint density at radius 2 is 1.90 bits per heavy atom. The van der Waals surface area contributed by atoms with Gasteiger partial charge in [-0.1, -0.05) is 17.7 Å². The zero-order valence-electron chi connectivity index (χ0n) is 11.3. The Bertz CT molecular complexity index is 595. The fraction of sp³-hybridized carbons (Fsp3) is 0.500. The van der Waals surface area contributed by atoms with Crippen LogP contribution in [0, 0.1) is 23.7 Å². The lowest BCUT2D eigenvalue weighted by Crippen LogP contribution is -2.33. The lowest BCUT2D eigenvalue weighted by Gasteiger charge is -2.29. The van der Waals surface area contributed by atoms with Gasteiger partial charge in [0.05, 0.1) is 23.0 Å². The molecule has 0 saturated carbocycles. The van der Waals surface area contributed by atoms with Gasteiger partial charge in [0.25, 0.3) is 10.1 Å². The van der Waals surface area contributed by atoms with Crippen LogP contribution in [0.2, 0.25) is 0 Å². The highest BCUT2D eigenvalue weighted by molar-refractivity contribution is 7.86. The molecule has 108 valence electrons. The number of hydrogen-bond acceptors (Lipinski definition) is 5. The van der Waals surface area contributed by atoms with E-state index in [0.29, 0.717) is 26.1 Å². The Morgan fingerprint density at radius 1 is 1.30 bits per heavy atom. The van der Waals surface area contributed by atoms with Crippen LogP contribution in [0.15, 0.2) is 29.2 Å². The van der Waals surface area contributed by atoms with E-state index in [1.807, 2.05) is 6.92 Å². The van der Waals surface area contributed by atoms with E-state index in [1.54, 1.807) is 12.1 Å². The van der Waals surface area contributed by atoms with Gasteiger partial charge in [0.15, 0.2) is 0 Å². The first kappa shape index (κ1) is 15.0. The summed E-state index contributed by atoms with van der Waals surface area (Å²) in [5.41, 5.74) is 0.206. The standard InChI is InChI=1S/C14H17NO4S/c1-12-2-4-13(5-3-12)20(16,17)19-11-14(10-15)6-8-18-9-7-14/h2-5H,6-9,11H2,1H3. The molecule has 2 rings (SSSR count). The summed E-state index contributed by atoms with van der Waals surface area (Å²) >= 11 is 0. The van der Waals surface area contributed by atoms with Crippen LogP contribution < -0.4 is 0 Å². The maximum atomic E-state index is 12.1. The Morgan fingerprint density at radius 3 is 2.45 bits per heavy atom. The van der Waals surface area contributed by atoms with E-state index in [-0.39, 0.29) is 11.5 Å². The maximum Gasteiger partial charge on any atom is 0.297 e. The topological polar surface area (TPSA) is 76.4 Å². The monoisotopic (exact) mass is 295 g/mol. The number of aryl methyl sites for hydroxylation is 1. The quantitative estimate of drug-likeness (QED) is 0.794. The van der Waals surface area contributed by atoms with Gasteiger partial charge < -0.3 is 4.74 Å². The largest absolute Gasteiger partial charge is 0.381 e. The van der Waals surface area contributed by atoms with Gasteiger partial charge in [-0.2, -0.15) is 13.7 Å². The Kier molecular flexibility index (Phi) is 4.43. The molecular formula is C14H17NO4S. The molecule has 6 heteroatoms. The second kappa shape index (κ2) is 5.92. The van der Waals surface area contributed by atoms with E-state index in [9.17, 15) is 13.7 Å². The van der Waals surface area contributed by atoms with Crippen LogP contribution in [0.5, 0.6) is 0 Å². The normalized spacial score (nSPS) is 18.4. The Hall–Kier alpha value is -1.42. The molecule has 0 bridgehead atoms.